The van der Waals surface area contributed by atoms with Crippen LogP contribution < -0.4 is 0 Å². The molecule has 0 heterocycles. The first kappa shape index (κ1) is 103. The third-order valence-electron chi connectivity index (χ3n) is 20.9. The van der Waals surface area contributed by atoms with E-state index in [1.807, 2.05) is 0 Å². The van der Waals surface area contributed by atoms with Gasteiger partial charge in [-0.2, -0.15) is 0 Å². The Bertz CT molecular complexity index is 2030. The van der Waals surface area contributed by atoms with E-state index in [1.54, 1.807) is 0 Å². The van der Waals surface area contributed by atoms with Crippen molar-refractivity contribution >= 4 is 39.5 Å². The molecule has 19 heteroatoms. The number of esters is 4. The topological polar surface area (TPSA) is 237 Å². The van der Waals surface area contributed by atoms with Crippen molar-refractivity contribution in [1.82, 2.24) is 0 Å². The summed E-state index contributed by atoms with van der Waals surface area (Å²) < 4.78 is 68.8. The average molecular weight is 1540 g/mol. The van der Waals surface area contributed by atoms with E-state index in [4.69, 9.17) is 37.0 Å². The Hall–Kier alpha value is -1.94. The van der Waals surface area contributed by atoms with Gasteiger partial charge in [-0.25, -0.2) is 9.13 Å². The van der Waals surface area contributed by atoms with Crippen molar-refractivity contribution in [2.45, 2.75) is 471 Å². The zero-order valence-corrected chi connectivity index (χ0v) is 71.0. The van der Waals surface area contributed by atoms with Gasteiger partial charge in [0.15, 0.2) is 12.2 Å². The Kier molecular flexibility index (Phi) is 74.7. The third kappa shape index (κ3) is 77.2. The van der Waals surface area contributed by atoms with E-state index in [0.717, 1.165) is 108 Å². The maximum atomic E-state index is 13.1. The molecule has 0 aliphatic carbocycles. The molecule has 0 fully saturated rings. The van der Waals surface area contributed by atoms with Crippen LogP contribution in [0.25, 0.3) is 0 Å². The molecule has 0 aromatic heterocycles. The number of phosphoric acid groups is 2. The Morgan fingerprint density at radius 1 is 0.276 bits per heavy atom. The second kappa shape index (κ2) is 76.1. The minimum Gasteiger partial charge on any atom is -0.462 e. The van der Waals surface area contributed by atoms with E-state index in [9.17, 15) is 43.2 Å². The highest BCUT2D eigenvalue weighted by atomic mass is 31.2. The van der Waals surface area contributed by atoms with Crippen molar-refractivity contribution < 1.29 is 80.2 Å². The molecule has 17 nitrogen and oxygen atoms in total. The molecule has 105 heavy (non-hydrogen) atoms. The summed E-state index contributed by atoms with van der Waals surface area (Å²) in [5.74, 6) is 0.245. The summed E-state index contributed by atoms with van der Waals surface area (Å²) in [6, 6.07) is 0. The molecule has 7 atom stereocenters. The van der Waals surface area contributed by atoms with Crippen LogP contribution in [0.1, 0.15) is 453 Å². The number of ether oxygens (including phenoxy) is 4. The molecule has 0 spiro atoms. The molecule has 0 aliphatic heterocycles. The van der Waals surface area contributed by atoms with E-state index in [-0.39, 0.29) is 25.7 Å². The van der Waals surface area contributed by atoms with Crippen LogP contribution in [0.2, 0.25) is 0 Å². The average Bonchev–Trinajstić information content (AvgIpc) is 0.931. The summed E-state index contributed by atoms with van der Waals surface area (Å²) in [5.41, 5.74) is 0. The molecule has 0 aromatic rings. The zero-order chi connectivity index (χ0) is 77.2. The minimum absolute atomic E-state index is 0.105. The van der Waals surface area contributed by atoms with Gasteiger partial charge in [0.1, 0.15) is 19.3 Å². The monoisotopic (exact) mass is 1540 g/mol. The number of hydrogen-bond acceptors (Lipinski definition) is 15. The largest absolute Gasteiger partial charge is 0.472 e. The minimum atomic E-state index is -4.97. The molecule has 0 rings (SSSR count). The first-order valence-electron chi connectivity index (χ1n) is 44.4. The SMILES string of the molecule is CCCCCCCCCCCCCCCCCCCCCCC(=O)OC[C@H](COP(=O)(O)OC[C@@H](O)COP(=O)(O)OC[C@@H](COC(=O)CCCCCCCCC(C)C)OC(=O)CCCCCCCCCCCCC(C)CC)OC(=O)CCCCCCCCCCCCCCCCCCCCC(C)CC. The van der Waals surface area contributed by atoms with Gasteiger partial charge in [-0.3, -0.25) is 37.3 Å². The van der Waals surface area contributed by atoms with Crippen molar-refractivity contribution in [3.63, 3.8) is 0 Å². The maximum Gasteiger partial charge on any atom is 0.472 e. The lowest BCUT2D eigenvalue weighted by atomic mass is 9.99. The van der Waals surface area contributed by atoms with Gasteiger partial charge in [-0.05, 0) is 43.4 Å². The van der Waals surface area contributed by atoms with Gasteiger partial charge in [0.05, 0.1) is 26.4 Å². The number of aliphatic hydroxyl groups is 1. The van der Waals surface area contributed by atoms with Crippen LogP contribution >= 0.6 is 15.6 Å². The lowest BCUT2D eigenvalue weighted by Gasteiger charge is -2.21. The second-order valence-electron chi connectivity index (χ2n) is 31.9. The highest BCUT2D eigenvalue weighted by Crippen LogP contribution is 2.45. The molecule has 4 unspecified atom stereocenters. The highest BCUT2D eigenvalue weighted by molar-refractivity contribution is 7.47. The molecule has 0 aromatic carbocycles. The van der Waals surface area contributed by atoms with Crippen LogP contribution in [0.15, 0.2) is 0 Å². The summed E-state index contributed by atoms with van der Waals surface area (Å²) in [7, 11) is -9.93. The Morgan fingerprint density at radius 2 is 0.486 bits per heavy atom. The molecule has 0 saturated heterocycles. The molecule has 0 aliphatic rings. The number of hydrogen-bond donors (Lipinski definition) is 3. The third-order valence-corrected chi connectivity index (χ3v) is 22.8. The van der Waals surface area contributed by atoms with Crippen LogP contribution in [0.3, 0.4) is 0 Å². The van der Waals surface area contributed by atoms with Crippen molar-refractivity contribution in [2.75, 3.05) is 39.6 Å². The van der Waals surface area contributed by atoms with Gasteiger partial charge >= 0.3 is 39.5 Å². The Morgan fingerprint density at radius 3 is 0.724 bits per heavy atom. The van der Waals surface area contributed by atoms with E-state index < -0.39 is 97.5 Å². The van der Waals surface area contributed by atoms with Crippen LogP contribution in [-0.2, 0) is 65.4 Å². The summed E-state index contributed by atoms with van der Waals surface area (Å²) in [4.78, 5) is 73.1. The fourth-order valence-corrected chi connectivity index (χ4v) is 14.9. The summed E-state index contributed by atoms with van der Waals surface area (Å²) in [5, 5.41) is 10.7. The van der Waals surface area contributed by atoms with Crippen LogP contribution in [0.4, 0.5) is 0 Å². The van der Waals surface area contributed by atoms with E-state index in [0.29, 0.717) is 31.6 Å². The number of rotatable bonds is 84. The highest BCUT2D eigenvalue weighted by Gasteiger charge is 2.30. The van der Waals surface area contributed by atoms with Crippen LogP contribution in [0, 0.1) is 17.8 Å². The predicted molar refractivity (Wildman–Crippen MR) is 432 cm³/mol. The van der Waals surface area contributed by atoms with Crippen LogP contribution in [-0.4, -0.2) is 96.7 Å². The van der Waals surface area contributed by atoms with E-state index >= 15 is 0 Å². The molecular formula is C86H168O17P2. The first-order chi connectivity index (χ1) is 50.8. The number of aliphatic hydroxyl groups excluding tert-OH is 1. The van der Waals surface area contributed by atoms with Gasteiger partial charge in [0, 0.05) is 25.7 Å². The zero-order valence-electron chi connectivity index (χ0n) is 69.2. The lowest BCUT2D eigenvalue weighted by Crippen LogP contribution is -2.30. The second-order valence-corrected chi connectivity index (χ2v) is 34.8. The van der Waals surface area contributed by atoms with E-state index in [2.05, 4.69) is 48.5 Å². The molecule has 0 saturated carbocycles. The van der Waals surface area contributed by atoms with Crippen LogP contribution in [0.5, 0.6) is 0 Å². The fraction of sp³-hybridized carbons (Fsp3) is 0.953. The van der Waals surface area contributed by atoms with Gasteiger partial charge < -0.3 is 33.8 Å². The Balaban J connectivity index is 5.20. The van der Waals surface area contributed by atoms with Gasteiger partial charge in [0.25, 0.3) is 0 Å². The summed E-state index contributed by atoms with van der Waals surface area (Å²) >= 11 is 0. The first-order valence-corrected chi connectivity index (χ1v) is 47.4. The summed E-state index contributed by atoms with van der Waals surface area (Å²) in [6.07, 6.45) is 66.9. The molecule has 624 valence electrons. The molecule has 0 bridgehead atoms. The smallest absolute Gasteiger partial charge is 0.462 e. The maximum absolute atomic E-state index is 13.1. The van der Waals surface area contributed by atoms with Crippen molar-refractivity contribution in [3.05, 3.63) is 0 Å². The predicted octanol–water partition coefficient (Wildman–Crippen LogP) is 26.1. The standard InChI is InChI=1S/C86H168O17P2/c1-8-11-12-13-14-15-16-17-18-19-20-21-25-28-31-34-40-45-53-60-67-83(88)96-73-81(102-85(90)69-62-55-46-41-35-32-29-26-23-22-24-27-30-33-38-43-51-58-65-78(6)9-2)75-100-104(92,93)98-71-80(87)72-99-105(94,95)101-76-82(74-97-84(89)68-61-54-49-48-50-57-64-77(4)5)103-86(91)70-63-56-47-42-37-36-39-44-52-59-66-79(7)10-3/h77-82,87H,8-76H2,1-7H3,(H,92,93)(H,94,95)/t78?,79?,80-,81-,82-/m1/s1. The van der Waals surface area contributed by atoms with Crippen molar-refractivity contribution in [3.8, 4) is 0 Å². The molecule has 0 amide bonds. The number of carbonyl (C=O) groups excluding carboxylic acids is 4. The molecule has 0 radical (unpaired) electrons. The molecular weight excluding hydrogens is 1370 g/mol. The number of carbonyl (C=O) groups is 4. The van der Waals surface area contributed by atoms with Gasteiger partial charge in [-0.1, -0.05) is 402 Å². The molecule has 3 N–H and O–H groups in total. The number of phosphoric ester groups is 2. The quantitative estimate of drug-likeness (QED) is 0.0222. The normalized spacial score (nSPS) is 14.4. The lowest BCUT2D eigenvalue weighted by molar-refractivity contribution is -0.161. The van der Waals surface area contributed by atoms with Gasteiger partial charge in [0.2, 0.25) is 0 Å². The summed E-state index contributed by atoms with van der Waals surface area (Å²) in [6.45, 7) is 12.0. The Labute approximate surface area is 645 Å². The van der Waals surface area contributed by atoms with Crippen molar-refractivity contribution in [1.29, 1.82) is 0 Å². The number of unbranched alkanes of at least 4 members (excludes halogenated alkanes) is 50. The van der Waals surface area contributed by atoms with Gasteiger partial charge in [-0.15, -0.1) is 0 Å². The fourth-order valence-electron chi connectivity index (χ4n) is 13.3. The van der Waals surface area contributed by atoms with Crippen molar-refractivity contribution in [2.24, 2.45) is 17.8 Å². The van der Waals surface area contributed by atoms with E-state index in [1.165, 1.54) is 257 Å².